The number of carbonyl (C=O) groups excluding carboxylic acids is 1. The van der Waals surface area contributed by atoms with Gasteiger partial charge in [0, 0.05) is 17.4 Å². The van der Waals surface area contributed by atoms with Gasteiger partial charge in [-0.05, 0) is 17.7 Å². The van der Waals surface area contributed by atoms with E-state index in [2.05, 4.69) is 9.97 Å². The molecule has 1 saturated heterocycles. The van der Waals surface area contributed by atoms with Crippen molar-refractivity contribution in [1.82, 2.24) is 9.97 Å². The summed E-state index contributed by atoms with van der Waals surface area (Å²) in [6.07, 6.45) is 0.608. The van der Waals surface area contributed by atoms with Crippen LogP contribution in [0.5, 0.6) is 0 Å². The molecule has 0 bridgehead atoms. The Morgan fingerprint density at radius 1 is 1.29 bits per heavy atom. The fraction of sp³-hybridized carbons (Fsp3) is 0.188. The number of aromatic amines is 1. The first-order valence-electron chi connectivity index (χ1n) is 7.22. The van der Waals surface area contributed by atoms with Gasteiger partial charge in [0.15, 0.2) is 5.16 Å². The number of aromatic nitrogens is 2. The minimum absolute atomic E-state index is 0.269. The smallest absolute Gasteiger partial charge is 0.319 e. The summed E-state index contributed by atoms with van der Waals surface area (Å²) in [6, 6.07) is 5.98. The van der Waals surface area contributed by atoms with Gasteiger partial charge in [0.05, 0.1) is 12.0 Å². The monoisotopic (exact) mass is 362 g/mol. The van der Waals surface area contributed by atoms with Gasteiger partial charge in [-0.3, -0.25) is 9.59 Å². The molecule has 2 aromatic heterocycles. The molecule has 1 aliphatic rings. The van der Waals surface area contributed by atoms with E-state index >= 15 is 0 Å². The zero-order valence-electron chi connectivity index (χ0n) is 12.2. The minimum atomic E-state index is -0.331. The molecule has 5 nitrogen and oxygen atoms in total. The fourth-order valence-corrected chi connectivity index (χ4v) is 4.50. The number of cyclic esters (lactones) is 1. The van der Waals surface area contributed by atoms with Gasteiger partial charge in [0.1, 0.15) is 15.9 Å². The molecule has 1 aromatic carbocycles. The molecule has 24 heavy (non-hydrogen) atoms. The van der Waals surface area contributed by atoms with Gasteiger partial charge >= 0.3 is 5.97 Å². The number of nitrogens with zero attached hydrogens (tertiary/aromatic N) is 1. The highest BCUT2D eigenvalue weighted by Gasteiger charge is 2.28. The summed E-state index contributed by atoms with van der Waals surface area (Å²) in [7, 11) is 0. The number of hydrogen-bond acceptors (Lipinski definition) is 6. The Labute approximate surface area is 143 Å². The van der Waals surface area contributed by atoms with Crippen LogP contribution >= 0.6 is 23.1 Å². The number of ether oxygens (including phenoxy) is 1. The molecule has 8 heteroatoms. The molecule has 1 atom stereocenters. The molecule has 1 N–H and O–H groups in total. The lowest BCUT2D eigenvalue weighted by Gasteiger charge is -2.05. The highest BCUT2D eigenvalue weighted by atomic mass is 32.2. The van der Waals surface area contributed by atoms with E-state index in [4.69, 9.17) is 4.74 Å². The highest BCUT2D eigenvalue weighted by Crippen LogP contribution is 2.33. The van der Waals surface area contributed by atoms with Crippen molar-refractivity contribution in [2.24, 2.45) is 0 Å². The predicted octanol–water partition coefficient (Wildman–Crippen LogP) is 3.20. The average Bonchev–Trinajstić information content (AvgIpc) is 3.15. The first-order valence-corrected chi connectivity index (χ1v) is 8.98. The van der Waals surface area contributed by atoms with Crippen LogP contribution in [0.3, 0.4) is 0 Å². The Balaban J connectivity index is 1.74. The summed E-state index contributed by atoms with van der Waals surface area (Å²) in [6.45, 7) is 0.399. The third kappa shape index (κ3) is 2.71. The molecule has 0 unspecified atom stereocenters. The molecule has 0 aliphatic carbocycles. The average molecular weight is 362 g/mol. The lowest BCUT2D eigenvalue weighted by Crippen LogP contribution is -2.13. The molecular weight excluding hydrogens is 351 g/mol. The van der Waals surface area contributed by atoms with Gasteiger partial charge < -0.3 is 9.72 Å². The van der Waals surface area contributed by atoms with E-state index in [1.54, 1.807) is 12.1 Å². The second-order valence-corrected chi connectivity index (χ2v) is 7.32. The van der Waals surface area contributed by atoms with Crippen LogP contribution in [-0.2, 0) is 9.53 Å². The van der Waals surface area contributed by atoms with Crippen molar-refractivity contribution in [3.63, 3.8) is 0 Å². The number of halogens is 1. The van der Waals surface area contributed by atoms with Gasteiger partial charge in [-0.25, -0.2) is 9.37 Å². The van der Waals surface area contributed by atoms with Crippen LogP contribution in [0.1, 0.15) is 6.42 Å². The first kappa shape index (κ1) is 15.3. The third-order valence-corrected chi connectivity index (χ3v) is 5.72. The Kier molecular flexibility index (Phi) is 3.85. The standard InChI is InChI=1S/C16H11FN2O3S2/c17-9-3-1-8(2-4-9)10-7-23-14-12(10)13(20)18-16(19-14)24-11-5-6-22-15(11)21/h1-4,7,11H,5-6H2,(H,18,19,20)/t11-/m1/s1. The molecule has 1 aliphatic heterocycles. The molecule has 0 saturated carbocycles. The van der Waals surface area contributed by atoms with Gasteiger partial charge in [0.25, 0.3) is 5.56 Å². The Morgan fingerprint density at radius 3 is 2.79 bits per heavy atom. The van der Waals surface area contributed by atoms with Crippen molar-refractivity contribution in [2.75, 3.05) is 6.61 Å². The normalized spacial score (nSPS) is 17.4. The Morgan fingerprint density at radius 2 is 2.08 bits per heavy atom. The van der Waals surface area contributed by atoms with Crippen molar-refractivity contribution >= 4 is 39.3 Å². The molecule has 0 spiro atoms. The zero-order valence-corrected chi connectivity index (χ0v) is 13.9. The van der Waals surface area contributed by atoms with Crippen molar-refractivity contribution < 1.29 is 13.9 Å². The molecule has 122 valence electrons. The zero-order chi connectivity index (χ0) is 16.7. The van der Waals surface area contributed by atoms with Crippen LogP contribution in [-0.4, -0.2) is 27.8 Å². The first-order chi connectivity index (χ1) is 11.6. The summed E-state index contributed by atoms with van der Waals surface area (Å²) in [5.74, 6) is -0.603. The van der Waals surface area contributed by atoms with Gasteiger partial charge in [-0.2, -0.15) is 0 Å². The van der Waals surface area contributed by atoms with Crippen LogP contribution in [0.15, 0.2) is 39.6 Å². The van der Waals surface area contributed by atoms with E-state index < -0.39 is 0 Å². The van der Waals surface area contributed by atoms with Crippen molar-refractivity contribution in [1.29, 1.82) is 0 Å². The van der Waals surface area contributed by atoms with Crippen LogP contribution in [0.2, 0.25) is 0 Å². The molecule has 4 rings (SSSR count). The summed E-state index contributed by atoms with van der Waals surface area (Å²) >= 11 is 2.56. The quantitative estimate of drug-likeness (QED) is 0.572. The second-order valence-electron chi connectivity index (χ2n) is 5.27. The Bertz CT molecular complexity index is 981. The Hall–Kier alpha value is -2.19. The predicted molar refractivity (Wildman–Crippen MR) is 90.9 cm³/mol. The molecule has 3 aromatic rings. The van der Waals surface area contributed by atoms with Crippen molar-refractivity contribution in [3.8, 4) is 11.1 Å². The summed E-state index contributed by atoms with van der Waals surface area (Å²) in [5, 5.41) is 2.38. The maximum Gasteiger partial charge on any atom is 0.319 e. The van der Waals surface area contributed by atoms with Gasteiger partial charge in [-0.1, -0.05) is 23.9 Å². The minimum Gasteiger partial charge on any atom is -0.465 e. The number of carbonyl (C=O) groups is 1. The largest absolute Gasteiger partial charge is 0.465 e. The van der Waals surface area contributed by atoms with Crippen molar-refractivity contribution in [2.45, 2.75) is 16.8 Å². The topological polar surface area (TPSA) is 72.0 Å². The number of thiophene rings is 1. The number of rotatable bonds is 3. The van der Waals surface area contributed by atoms with Crippen LogP contribution in [0.25, 0.3) is 21.3 Å². The number of H-pyrrole nitrogens is 1. The van der Waals surface area contributed by atoms with Crippen LogP contribution in [0, 0.1) is 5.82 Å². The number of nitrogens with one attached hydrogen (secondary N) is 1. The van der Waals surface area contributed by atoms with Gasteiger partial charge in [0.2, 0.25) is 0 Å². The fourth-order valence-electron chi connectivity index (χ4n) is 2.55. The van der Waals surface area contributed by atoms with E-state index in [9.17, 15) is 14.0 Å². The molecule has 0 amide bonds. The SMILES string of the molecule is O=C1OCC[C@H]1Sc1nc2scc(-c3ccc(F)cc3)c2c(=O)[nH]1. The molecular formula is C16H11FN2O3S2. The number of thioether (sulfide) groups is 1. The lowest BCUT2D eigenvalue weighted by atomic mass is 10.1. The van der Waals surface area contributed by atoms with E-state index in [0.717, 1.165) is 11.1 Å². The molecule has 1 fully saturated rings. The number of fused-ring (bicyclic) bond motifs is 1. The molecule has 0 radical (unpaired) electrons. The second kappa shape index (κ2) is 6.03. The van der Waals surface area contributed by atoms with E-state index in [0.29, 0.717) is 28.4 Å². The number of benzene rings is 1. The van der Waals surface area contributed by atoms with E-state index in [-0.39, 0.29) is 22.6 Å². The number of esters is 1. The lowest BCUT2D eigenvalue weighted by molar-refractivity contribution is -0.137. The third-order valence-electron chi connectivity index (χ3n) is 3.72. The molecule has 3 heterocycles. The van der Waals surface area contributed by atoms with E-state index in [1.807, 2.05) is 5.38 Å². The van der Waals surface area contributed by atoms with Crippen molar-refractivity contribution in [3.05, 3.63) is 45.8 Å². The van der Waals surface area contributed by atoms with Gasteiger partial charge in [-0.15, -0.1) is 11.3 Å². The highest BCUT2D eigenvalue weighted by molar-refractivity contribution is 8.00. The summed E-state index contributed by atoms with van der Waals surface area (Å²) in [5.41, 5.74) is 1.21. The maximum atomic E-state index is 13.1. The summed E-state index contributed by atoms with van der Waals surface area (Å²) < 4.78 is 18.0. The summed E-state index contributed by atoms with van der Waals surface area (Å²) in [4.78, 5) is 31.8. The van der Waals surface area contributed by atoms with Crippen LogP contribution < -0.4 is 5.56 Å². The van der Waals surface area contributed by atoms with E-state index in [1.165, 1.54) is 35.2 Å². The number of hydrogen-bond donors (Lipinski definition) is 1. The maximum absolute atomic E-state index is 13.1. The van der Waals surface area contributed by atoms with Crippen LogP contribution in [0.4, 0.5) is 4.39 Å².